The Labute approximate surface area is 111 Å². The summed E-state index contributed by atoms with van der Waals surface area (Å²) in [7, 11) is 1.82. The molecule has 0 amide bonds. The van der Waals surface area contributed by atoms with Gasteiger partial charge in [-0.15, -0.1) is 0 Å². The van der Waals surface area contributed by atoms with Gasteiger partial charge >= 0.3 is 0 Å². The molecule has 0 aliphatic rings. The highest BCUT2D eigenvalue weighted by atomic mass is 16.6. The molecular formula is C15H14N2O2. The SMILES string of the molecule is CN(/C(=C/[N+](=O)[O-])c1ccccc1)c1ccccc1. The van der Waals surface area contributed by atoms with Crippen molar-refractivity contribution in [2.24, 2.45) is 0 Å². The van der Waals surface area contributed by atoms with Crippen LogP contribution in [0.25, 0.3) is 5.70 Å². The van der Waals surface area contributed by atoms with E-state index in [1.165, 1.54) is 0 Å². The quantitative estimate of drug-likeness (QED) is 0.620. The van der Waals surface area contributed by atoms with E-state index in [0.717, 1.165) is 17.5 Å². The van der Waals surface area contributed by atoms with Crippen molar-refractivity contribution in [1.82, 2.24) is 0 Å². The van der Waals surface area contributed by atoms with E-state index in [1.807, 2.05) is 67.7 Å². The zero-order valence-corrected chi connectivity index (χ0v) is 10.6. The molecule has 0 unspecified atom stereocenters. The summed E-state index contributed by atoms with van der Waals surface area (Å²) in [6, 6.07) is 18.9. The van der Waals surface area contributed by atoms with Crippen LogP contribution in [-0.4, -0.2) is 12.0 Å². The summed E-state index contributed by atoms with van der Waals surface area (Å²) >= 11 is 0. The molecule has 0 heterocycles. The van der Waals surface area contributed by atoms with E-state index in [9.17, 15) is 10.1 Å². The van der Waals surface area contributed by atoms with E-state index in [1.54, 1.807) is 4.90 Å². The number of anilines is 1. The van der Waals surface area contributed by atoms with Crippen molar-refractivity contribution in [3.63, 3.8) is 0 Å². The molecule has 0 atom stereocenters. The number of hydrogen-bond donors (Lipinski definition) is 0. The molecule has 2 aromatic carbocycles. The summed E-state index contributed by atoms with van der Waals surface area (Å²) in [6.07, 6.45) is 1.03. The minimum atomic E-state index is -0.429. The third kappa shape index (κ3) is 3.19. The van der Waals surface area contributed by atoms with Crippen LogP contribution >= 0.6 is 0 Å². The molecular weight excluding hydrogens is 240 g/mol. The molecule has 0 aliphatic carbocycles. The number of nitro groups is 1. The second-order valence-electron chi connectivity index (χ2n) is 4.06. The molecule has 96 valence electrons. The smallest absolute Gasteiger partial charge is 0.258 e. The van der Waals surface area contributed by atoms with Gasteiger partial charge in [0, 0.05) is 18.3 Å². The van der Waals surface area contributed by atoms with Gasteiger partial charge in [0.1, 0.15) is 5.70 Å². The Morgan fingerprint density at radius 1 is 1.05 bits per heavy atom. The van der Waals surface area contributed by atoms with Crippen LogP contribution in [0, 0.1) is 10.1 Å². The Morgan fingerprint density at radius 2 is 1.58 bits per heavy atom. The standard InChI is InChI=1S/C15H14N2O2/c1-16(14-10-6-3-7-11-14)15(12-17(18)19)13-8-4-2-5-9-13/h2-12H,1H3/b15-12+. The molecule has 2 rings (SSSR count). The Kier molecular flexibility index (Phi) is 3.93. The number of nitrogens with zero attached hydrogens (tertiary/aromatic N) is 2. The normalized spacial score (nSPS) is 11.1. The number of para-hydroxylation sites is 1. The summed E-state index contributed by atoms with van der Waals surface area (Å²) < 4.78 is 0. The average molecular weight is 254 g/mol. The van der Waals surface area contributed by atoms with E-state index < -0.39 is 4.92 Å². The Morgan fingerprint density at radius 3 is 2.11 bits per heavy atom. The maximum absolute atomic E-state index is 10.8. The highest BCUT2D eigenvalue weighted by molar-refractivity contribution is 5.77. The second kappa shape index (κ2) is 5.82. The van der Waals surface area contributed by atoms with Crippen LogP contribution < -0.4 is 4.90 Å². The third-order valence-corrected chi connectivity index (χ3v) is 2.80. The van der Waals surface area contributed by atoms with Crippen molar-refractivity contribution in [3.8, 4) is 0 Å². The van der Waals surface area contributed by atoms with Crippen molar-refractivity contribution in [2.45, 2.75) is 0 Å². The lowest BCUT2D eigenvalue weighted by Crippen LogP contribution is -2.16. The molecule has 0 spiro atoms. The van der Waals surface area contributed by atoms with Gasteiger partial charge in [-0.1, -0.05) is 48.5 Å². The van der Waals surface area contributed by atoms with E-state index in [-0.39, 0.29) is 0 Å². The van der Waals surface area contributed by atoms with Crippen LogP contribution in [0.15, 0.2) is 66.9 Å². The van der Waals surface area contributed by atoms with E-state index in [2.05, 4.69) is 0 Å². The molecule has 0 bridgehead atoms. The summed E-state index contributed by atoms with van der Waals surface area (Å²) in [4.78, 5) is 12.2. The predicted molar refractivity (Wildman–Crippen MR) is 76.3 cm³/mol. The van der Waals surface area contributed by atoms with Crippen LogP contribution in [0.1, 0.15) is 5.56 Å². The fraction of sp³-hybridized carbons (Fsp3) is 0.0667. The first-order chi connectivity index (χ1) is 9.18. The molecule has 0 aromatic heterocycles. The third-order valence-electron chi connectivity index (χ3n) is 2.80. The number of rotatable bonds is 4. The van der Waals surface area contributed by atoms with Gasteiger partial charge in [0.05, 0.1) is 4.92 Å². The zero-order chi connectivity index (χ0) is 13.7. The molecule has 0 fully saturated rings. The first kappa shape index (κ1) is 12.8. The average Bonchev–Trinajstić information content (AvgIpc) is 2.46. The molecule has 4 nitrogen and oxygen atoms in total. The van der Waals surface area contributed by atoms with Gasteiger partial charge in [-0.25, -0.2) is 0 Å². The van der Waals surface area contributed by atoms with Crippen LogP contribution in [0.3, 0.4) is 0 Å². The monoisotopic (exact) mass is 254 g/mol. The lowest BCUT2D eigenvalue weighted by molar-refractivity contribution is -0.401. The van der Waals surface area contributed by atoms with Gasteiger partial charge in [-0.3, -0.25) is 10.1 Å². The first-order valence-corrected chi connectivity index (χ1v) is 5.88. The maximum Gasteiger partial charge on any atom is 0.258 e. The topological polar surface area (TPSA) is 46.4 Å². The Bertz CT molecular complexity index is 580. The van der Waals surface area contributed by atoms with E-state index in [4.69, 9.17) is 0 Å². The van der Waals surface area contributed by atoms with Gasteiger partial charge in [-0.05, 0) is 12.1 Å². The number of benzene rings is 2. The Balaban J connectivity index is 2.43. The summed E-state index contributed by atoms with van der Waals surface area (Å²) in [5.74, 6) is 0. The fourth-order valence-corrected chi connectivity index (χ4v) is 1.85. The highest BCUT2D eigenvalue weighted by Crippen LogP contribution is 2.24. The highest BCUT2D eigenvalue weighted by Gasteiger charge is 2.13. The molecule has 0 saturated heterocycles. The minimum absolute atomic E-state index is 0.429. The van der Waals surface area contributed by atoms with Crippen LogP contribution in [0.5, 0.6) is 0 Å². The summed E-state index contributed by atoms with van der Waals surface area (Å²) in [5, 5.41) is 10.8. The fourth-order valence-electron chi connectivity index (χ4n) is 1.85. The molecule has 0 saturated carbocycles. The second-order valence-corrected chi connectivity index (χ2v) is 4.06. The number of hydrogen-bond acceptors (Lipinski definition) is 3. The van der Waals surface area contributed by atoms with Crippen LogP contribution in [-0.2, 0) is 0 Å². The van der Waals surface area contributed by atoms with Crippen molar-refractivity contribution in [3.05, 3.63) is 82.5 Å². The maximum atomic E-state index is 10.8. The van der Waals surface area contributed by atoms with Gasteiger partial charge in [0.25, 0.3) is 6.20 Å². The lowest BCUT2D eigenvalue weighted by atomic mass is 10.1. The van der Waals surface area contributed by atoms with Crippen molar-refractivity contribution >= 4 is 11.4 Å². The van der Waals surface area contributed by atoms with E-state index in [0.29, 0.717) is 5.70 Å². The molecule has 0 radical (unpaired) electrons. The molecule has 0 aliphatic heterocycles. The van der Waals surface area contributed by atoms with Crippen LogP contribution in [0.2, 0.25) is 0 Å². The van der Waals surface area contributed by atoms with Crippen molar-refractivity contribution < 1.29 is 4.92 Å². The largest absolute Gasteiger partial charge is 0.339 e. The van der Waals surface area contributed by atoms with Crippen LogP contribution in [0.4, 0.5) is 5.69 Å². The van der Waals surface area contributed by atoms with Gasteiger partial charge in [0.15, 0.2) is 0 Å². The molecule has 0 N–H and O–H groups in total. The predicted octanol–water partition coefficient (Wildman–Crippen LogP) is 3.40. The van der Waals surface area contributed by atoms with Gasteiger partial charge < -0.3 is 4.90 Å². The van der Waals surface area contributed by atoms with Gasteiger partial charge in [-0.2, -0.15) is 0 Å². The first-order valence-electron chi connectivity index (χ1n) is 5.88. The van der Waals surface area contributed by atoms with Crippen molar-refractivity contribution in [2.75, 3.05) is 11.9 Å². The van der Waals surface area contributed by atoms with Gasteiger partial charge in [0.2, 0.25) is 0 Å². The zero-order valence-electron chi connectivity index (χ0n) is 10.6. The lowest BCUT2D eigenvalue weighted by Gasteiger charge is -2.21. The van der Waals surface area contributed by atoms with Crippen molar-refractivity contribution in [1.29, 1.82) is 0 Å². The molecule has 4 heteroatoms. The molecule has 19 heavy (non-hydrogen) atoms. The molecule has 2 aromatic rings. The summed E-state index contributed by atoms with van der Waals surface area (Å²) in [5.41, 5.74) is 2.27. The minimum Gasteiger partial charge on any atom is -0.339 e. The van der Waals surface area contributed by atoms with E-state index >= 15 is 0 Å². The summed E-state index contributed by atoms with van der Waals surface area (Å²) in [6.45, 7) is 0. The Hall–Kier alpha value is -2.62.